The zero-order chi connectivity index (χ0) is 21.3. The van der Waals surface area contributed by atoms with E-state index in [-0.39, 0.29) is 5.91 Å². The molecule has 150 valence electrons. The maximum absolute atomic E-state index is 13.5. The summed E-state index contributed by atoms with van der Waals surface area (Å²) in [5, 5.41) is 6.45. The predicted molar refractivity (Wildman–Crippen MR) is 132 cm³/mol. The zero-order valence-corrected chi connectivity index (χ0v) is 20.3. The molecule has 3 aromatic carbocycles. The number of aryl methyl sites for hydroxylation is 2. The second-order valence-electron chi connectivity index (χ2n) is 6.84. The quantitative estimate of drug-likeness (QED) is 0.203. The topological polar surface area (TPSA) is 45.6 Å². The number of hydrazone groups is 1. The number of halogens is 2. The van der Waals surface area contributed by atoms with E-state index in [4.69, 9.17) is 0 Å². The molecular formula is C23H17Br2N3OS. The van der Waals surface area contributed by atoms with Gasteiger partial charge in [0.15, 0.2) is 0 Å². The molecule has 0 spiro atoms. The Morgan fingerprint density at radius 2 is 1.73 bits per heavy atom. The Kier molecular flexibility index (Phi) is 6.13. The highest BCUT2D eigenvalue weighted by molar-refractivity contribution is 9.10. The van der Waals surface area contributed by atoms with Crippen LogP contribution in [0.25, 0.3) is 10.2 Å². The third kappa shape index (κ3) is 4.53. The van der Waals surface area contributed by atoms with Crippen molar-refractivity contribution in [3.8, 4) is 0 Å². The fourth-order valence-corrected chi connectivity index (χ4v) is 4.74. The first-order valence-electron chi connectivity index (χ1n) is 9.18. The summed E-state index contributed by atoms with van der Waals surface area (Å²) < 4.78 is 2.94. The van der Waals surface area contributed by atoms with Gasteiger partial charge in [-0.2, -0.15) is 10.1 Å². The van der Waals surface area contributed by atoms with E-state index in [1.54, 1.807) is 6.21 Å². The molecule has 1 aromatic heterocycles. The van der Waals surface area contributed by atoms with Crippen molar-refractivity contribution in [3.63, 3.8) is 0 Å². The summed E-state index contributed by atoms with van der Waals surface area (Å²) in [7, 11) is 0. The van der Waals surface area contributed by atoms with E-state index in [1.807, 2.05) is 74.5 Å². The lowest BCUT2D eigenvalue weighted by molar-refractivity contribution is 0.0987. The molecule has 0 unspecified atom stereocenters. The Labute approximate surface area is 195 Å². The van der Waals surface area contributed by atoms with Gasteiger partial charge in [0.1, 0.15) is 0 Å². The van der Waals surface area contributed by atoms with Gasteiger partial charge in [-0.05, 0) is 61.4 Å². The molecule has 0 aliphatic heterocycles. The minimum absolute atomic E-state index is 0.209. The van der Waals surface area contributed by atoms with E-state index in [1.165, 1.54) is 16.3 Å². The van der Waals surface area contributed by atoms with Gasteiger partial charge in [-0.3, -0.25) is 4.79 Å². The SMILES string of the molecule is Cc1ccc(C(=O)N(/N=C/c2ccc(Br)cc2)c2nc3ccc(Br)cc3s2)c(C)c1. The molecule has 4 rings (SSSR count). The monoisotopic (exact) mass is 541 g/mol. The largest absolute Gasteiger partial charge is 0.281 e. The van der Waals surface area contributed by atoms with Gasteiger partial charge < -0.3 is 0 Å². The average molecular weight is 543 g/mol. The van der Waals surface area contributed by atoms with Crippen molar-refractivity contribution in [2.75, 3.05) is 5.01 Å². The fraction of sp³-hybridized carbons (Fsp3) is 0.0870. The number of hydrogen-bond donors (Lipinski definition) is 0. The molecule has 0 bridgehead atoms. The number of aromatic nitrogens is 1. The molecule has 0 radical (unpaired) electrons. The highest BCUT2D eigenvalue weighted by Crippen LogP contribution is 2.32. The van der Waals surface area contributed by atoms with Gasteiger partial charge in [0.2, 0.25) is 5.13 Å². The lowest BCUT2D eigenvalue weighted by Gasteiger charge is -2.15. The van der Waals surface area contributed by atoms with Crippen LogP contribution in [0.4, 0.5) is 5.13 Å². The van der Waals surface area contributed by atoms with Crippen LogP contribution in [0.2, 0.25) is 0 Å². The van der Waals surface area contributed by atoms with Crippen LogP contribution < -0.4 is 5.01 Å². The van der Waals surface area contributed by atoms with Crippen molar-refractivity contribution in [1.29, 1.82) is 0 Å². The Balaban J connectivity index is 1.78. The van der Waals surface area contributed by atoms with Crippen molar-refractivity contribution < 1.29 is 4.79 Å². The Hall–Kier alpha value is -2.35. The lowest BCUT2D eigenvalue weighted by atomic mass is 10.1. The highest BCUT2D eigenvalue weighted by atomic mass is 79.9. The van der Waals surface area contributed by atoms with Gasteiger partial charge in [-0.15, -0.1) is 0 Å². The summed E-state index contributed by atoms with van der Waals surface area (Å²) >= 11 is 8.36. The zero-order valence-electron chi connectivity index (χ0n) is 16.3. The van der Waals surface area contributed by atoms with Gasteiger partial charge >= 0.3 is 0 Å². The van der Waals surface area contributed by atoms with Crippen LogP contribution in [0.3, 0.4) is 0 Å². The highest BCUT2D eigenvalue weighted by Gasteiger charge is 2.22. The van der Waals surface area contributed by atoms with Crippen LogP contribution in [-0.2, 0) is 0 Å². The third-order valence-corrected chi connectivity index (χ3v) is 6.53. The molecular weight excluding hydrogens is 526 g/mol. The van der Waals surface area contributed by atoms with Crippen molar-refractivity contribution in [2.45, 2.75) is 13.8 Å². The number of fused-ring (bicyclic) bond motifs is 1. The van der Waals surface area contributed by atoms with E-state index in [0.29, 0.717) is 10.7 Å². The number of carbonyl (C=O) groups is 1. The van der Waals surface area contributed by atoms with Crippen LogP contribution in [0.5, 0.6) is 0 Å². The molecule has 4 aromatic rings. The molecule has 4 nitrogen and oxygen atoms in total. The first-order chi connectivity index (χ1) is 14.4. The number of carbonyl (C=O) groups excluding carboxylic acids is 1. The van der Waals surface area contributed by atoms with E-state index < -0.39 is 0 Å². The molecule has 1 heterocycles. The van der Waals surface area contributed by atoms with Gasteiger partial charge in [0, 0.05) is 14.5 Å². The summed E-state index contributed by atoms with van der Waals surface area (Å²) in [5.41, 5.74) is 4.34. The van der Waals surface area contributed by atoms with Crippen molar-refractivity contribution in [2.24, 2.45) is 5.10 Å². The second-order valence-corrected chi connectivity index (χ2v) is 9.68. The molecule has 1 amide bonds. The minimum Gasteiger partial charge on any atom is -0.267 e. The summed E-state index contributed by atoms with van der Waals surface area (Å²) in [4.78, 5) is 18.1. The van der Waals surface area contributed by atoms with Crippen LogP contribution >= 0.6 is 43.2 Å². The Morgan fingerprint density at radius 1 is 1.00 bits per heavy atom. The number of rotatable bonds is 4. The number of thiazole rings is 1. The van der Waals surface area contributed by atoms with E-state index in [9.17, 15) is 4.79 Å². The number of nitrogens with zero attached hydrogens (tertiary/aromatic N) is 3. The number of anilines is 1. The third-order valence-electron chi connectivity index (χ3n) is 4.52. The first kappa shape index (κ1) is 20.9. The number of amides is 1. The number of benzene rings is 3. The summed E-state index contributed by atoms with van der Waals surface area (Å²) in [6, 6.07) is 19.4. The van der Waals surface area contributed by atoms with Crippen molar-refractivity contribution in [1.82, 2.24) is 4.98 Å². The van der Waals surface area contributed by atoms with Crippen molar-refractivity contribution in [3.05, 3.63) is 91.9 Å². The lowest BCUT2D eigenvalue weighted by Crippen LogP contribution is -2.26. The van der Waals surface area contributed by atoms with Crippen LogP contribution in [0.15, 0.2) is 74.7 Å². The summed E-state index contributed by atoms with van der Waals surface area (Å²) in [6.45, 7) is 3.95. The maximum Gasteiger partial charge on any atom is 0.281 e. The maximum atomic E-state index is 13.5. The summed E-state index contributed by atoms with van der Waals surface area (Å²) in [5.74, 6) is -0.209. The van der Waals surface area contributed by atoms with Crippen LogP contribution in [0, 0.1) is 13.8 Å². The summed E-state index contributed by atoms with van der Waals surface area (Å²) in [6.07, 6.45) is 1.68. The molecule has 0 saturated carbocycles. The standard InChI is InChI=1S/C23H17Br2N3OS/c1-14-3-9-19(15(2)11-14)22(29)28(26-13-16-4-6-17(24)7-5-16)23-27-20-10-8-18(25)12-21(20)30-23/h3-13H,1-2H3/b26-13+. The van der Waals surface area contributed by atoms with E-state index in [2.05, 4.69) is 41.9 Å². The average Bonchev–Trinajstić information content (AvgIpc) is 3.12. The smallest absolute Gasteiger partial charge is 0.267 e. The van der Waals surface area contributed by atoms with E-state index >= 15 is 0 Å². The van der Waals surface area contributed by atoms with Gasteiger partial charge in [-0.1, -0.05) is 73.0 Å². The number of hydrogen-bond acceptors (Lipinski definition) is 4. The fourth-order valence-electron chi connectivity index (χ4n) is 3.01. The van der Waals surface area contributed by atoms with Crippen molar-refractivity contribution >= 4 is 70.7 Å². The van der Waals surface area contributed by atoms with E-state index in [0.717, 1.165) is 35.9 Å². The second kappa shape index (κ2) is 8.79. The predicted octanol–water partition coefficient (Wildman–Crippen LogP) is 7.12. The molecule has 30 heavy (non-hydrogen) atoms. The molecule has 0 aliphatic carbocycles. The molecule has 0 fully saturated rings. The minimum atomic E-state index is -0.209. The van der Waals surface area contributed by atoms with Gasteiger partial charge in [0.05, 0.1) is 16.4 Å². The molecule has 0 atom stereocenters. The molecule has 7 heteroatoms. The molecule has 0 saturated heterocycles. The van der Waals surface area contributed by atoms with Gasteiger partial charge in [-0.25, -0.2) is 4.98 Å². The normalized spacial score (nSPS) is 11.3. The molecule has 0 N–H and O–H groups in total. The molecule has 0 aliphatic rings. The first-order valence-corrected chi connectivity index (χ1v) is 11.6. The van der Waals surface area contributed by atoms with Crippen LogP contribution in [-0.4, -0.2) is 17.1 Å². The Morgan fingerprint density at radius 3 is 2.47 bits per heavy atom. The van der Waals surface area contributed by atoms with Gasteiger partial charge in [0.25, 0.3) is 5.91 Å². The van der Waals surface area contributed by atoms with Crippen LogP contribution in [0.1, 0.15) is 27.0 Å². The Bertz CT molecular complexity index is 1270.